The largest absolute Gasteiger partial charge is 0.756 e. The molecule has 1 atom stereocenters. The van der Waals surface area contributed by atoms with E-state index >= 15 is 0 Å². The highest BCUT2D eigenvalue weighted by Crippen LogP contribution is 2.38. The number of carbonyl (C=O) groups is 1. The van der Waals surface area contributed by atoms with E-state index in [-0.39, 0.29) is 26.2 Å². The van der Waals surface area contributed by atoms with Gasteiger partial charge >= 0.3 is 5.97 Å². The summed E-state index contributed by atoms with van der Waals surface area (Å²) in [6.45, 7) is 15.3. The van der Waals surface area contributed by atoms with Crippen LogP contribution in [0.4, 0.5) is 0 Å². The van der Waals surface area contributed by atoms with Gasteiger partial charge in [-0.3, -0.25) is 4.57 Å². The van der Waals surface area contributed by atoms with Crippen molar-refractivity contribution in [1.82, 2.24) is 0 Å². The molecule has 7 nitrogen and oxygen atoms in total. The van der Waals surface area contributed by atoms with Crippen molar-refractivity contribution < 1.29 is 32.5 Å². The van der Waals surface area contributed by atoms with Crippen LogP contribution in [0, 0.1) is 0 Å². The standard InChI is InChI=1S/C18H36NO6P/c1-6-10-19(11-7-2,12-8-3)13-16-25-26(21,22)24-15-9-14-23-18(20)17(4)5/h4,6-16H2,1-3,5H3. The van der Waals surface area contributed by atoms with Crippen molar-refractivity contribution in [3.63, 3.8) is 0 Å². The van der Waals surface area contributed by atoms with Crippen molar-refractivity contribution in [1.29, 1.82) is 0 Å². The molecule has 0 aromatic rings. The molecule has 0 rings (SSSR count). The molecule has 0 aromatic heterocycles. The minimum absolute atomic E-state index is 0.0786. The summed E-state index contributed by atoms with van der Waals surface area (Å²) in [5.41, 5.74) is 0.302. The summed E-state index contributed by atoms with van der Waals surface area (Å²) in [6.07, 6.45) is 3.42. The summed E-state index contributed by atoms with van der Waals surface area (Å²) in [4.78, 5) is 23.0. The maximum atomic E-state index is 11.8. The number of phosphoric acid groups is 1. The fourth-order valence-corrected chi connectivity index (χ4v) is 3.73. The molecule has 26 heavy (non-hydrogen) atoms. The van der Waals surface area contributed by atoms with E-state index in [1.807, 2.05) is 0 Å². The first-order valence-electron chi connectivity index (χ1n) is 9.49. The van der Waals surface area contributed by atoms with Crippen molar-refractivity contribution in [2.75, 3.05) is 46.0 Å². The lowest BCUT2D eigenvalue weighted by Crippen LogP contribution is -2.51. The Kier molecular flexibility index (Phi) is 13.1. The normalized spacial score (nSPS) is 14.0. The van der Waals surface area contributed by atoms with E-state index in [1.165, 1.54) is 0 Å². The van der Waals surface area contributed by atoms with E-state index in [1.54, 1.807) is 6.92 Å². The van der Waals surface area contributed by atoms with E-state index in [2.05, 4.69) is 27.4 Å². The molecule has 0 N–H and O–H groups in total. The van der Waals surface area contributed by atoms with E-state index in [0.29, 0.717) is 12.1 Å². The van der Waals surface area contributed by atoms with Gasteiger partial charge in [0, 0.05) is 12.0 Å². The lowest BCUT2D eigenvalue weighted by molar-refractivity contribution is -0.928. The number of esters is 1. The van der Waals surface area contributed by atoms with Crippen LogP contribution in [-0.4, -0.2) is 56.5 Å². The fraction of sp³-hybridized carbons (Fsp3) is 0.833. The molecule has 0 aliphatic rings. The van der Waals surface area contributed by atoms with Gasteiger partial charge in [0.25, 0.3) is 7.82 Å². The minimum Gasteiger partial charge on any atom is -0.756 e. The van der Waals surface area contributed by atoms with Gasteiger partial charge in [0.1, 0.15) is 13.2 Å². The summed E-state index contributed by atoms with van der Waals surface area (Å²) in [5.74, 6) is -0.497. The van der Waals surface area contributed by atoms with Crippen molar-refractivity contribution in [2.24, 2.45) is 0 Å². The molecule has 0 aliphatic carbocycles. The van der Waals surface area contributed by atoms with Gasteiger partial charge in [-0.15, -0.1) is 0 Å². The van der Waals surface area contributed by atoms with Crippen LogP contribution >= 0.6 is 7.82 Å². The molecule has 1 unspecified atom stereocenters. The summed E-state index contributed by atoms with van der Waals surface area (Å²) < 4.78 is 27.5. The average Bonchev–Trinajstić information content (AvgIpc) is 2.54. The number of ether oxygens (including phenoxy) is 1. The molecule has 0 aromatic carbocycles. The van der Waals surface area contributed by atoms with Crippen LogP contribution in [0.25, 0.3) is 0 Å². The number of nitrogens with zero attached hydrogens (tertiary/aromatic N) is 1. The molecule has 0 radical (unpaired) electrons. The Labute approximate surface area is 158 Å². The highest BCUT2D eigenvalue weighted by molar-refractivity contribution is 7.45. The third-order valence-electron chi connectivity index (χ3n) is 4.03. The van der Waals surface area contributed by atoms with Crippen molar-refractivity contribution in [3.8, 4) is 0 Å². The maximum Gasteiger partial charge on any atom is 0.333 e. The second-order valence-electron chi connectivity index (χ2n) is 6.62. The van der Waals surface area contributed by atoms with Gasteiger partial charge in [-0.1, -0.05) is 27.4 Å². The van der Waals surface area contributed by atoms with Crippen LogP contribution in [0.2, 0.25) is 0 Å². The topological polar surface area (TPSA) is 84.9 Å². The molecular weight excluding hydrogens is 357 g/mol. The zero-order valence-corrected chi connectivity index (χ0v) is 17.7. The molecule has 0 amide bonds. The molecular formula is C18H36NO6P. The monoisotopic (exact) mass is 393 g/mol. The van der Waals surface area contributed by atoms with Gasteiger partial charge in [-0.2, -0.15) is 0 Å². The second kappa shape index (κ2) is 13.4. The third kappa shape index (κ3) is 11.1. The zero-order valence-electron chi connectivity index (χ0n) is 16.8. The van der Waals surface area contributed by atoms with Crippen LogP contribution in [0.5, 0.6) is 0 Å². The number of quaternary nitrogens is 1. The van der Waals surface area contributed by atoms with Crippen molar-refractivity contribution >= 4 is 13.8 Å². The molecule has 0 spiro atoms. The summed E-state index contributed by atoms with van der Waals surface area (Å²) >= 11 is 0. The van der Waals surface area contributed by atoms with Gasteiger partial charge in [0.15, 0.2) is 0 Å². The highest BCUT2D eigenvalue weighted by Gasteiger charge is 2.25. The molecule has 0 heterocycles. The summed E-state index contributed by atoms with van der Waals surface area (Å²) in [6, 6.07) is 0. The molecule has 0 fully saturated rings. The quantitative estimate of drug-likeness (QED) is 0.132. The second-order valence-corrected chi connectivity index (χ2v) is 8.03. The summed E-state index contributed by atoms with van der Waals surface area (Å²) in [7, 11) is -4.34. The first kappa shape index (κ1) is 25.3. The Hall–Kier alpha value is -0.720. The highest BCUT2D eigenvalue weighted by atomic mass is 31.2. The smallest absolute Gasteiger partial charge is 0.333 e. The molecule has 0 saturated carbocycles. The van der Waals surface area contributed by atoms with Crippen LogP contribution in [0.3, 0.4) is 0 Å². The van der Waals surface area contributed by atoms with Crippen LogP contribution in [0.1, 0.15) is 53.4 Å². The maximum absolute atomic E-state index is 11.8. The summed E-state index contributed by atoms with van der Waals surface area (Å²) in [5, 5.41) is 0. The third-order valence-corrected chi connectivity index (χ3v) is 5.03. The number of hydrogen-bond donors (Lipinski definition) is 0. The first-order chi connectivity index (χ1) is 12.2. The predicted octanol–water partition coefficient (Wildman–Crippen LogP) is 3.04. The fourth-order valence-electron chi connectivity index (χ4n) is 3.00. The Morgan fingerprint density at radius 1 is 0.962 bits per heavy atom. The molecule has 0 bridgehead atoms. The van der Waals surface area contributed by atoms with Crippen LogP contribution in [-0.2, 0) is 23.1 Å². The Morgan fingerprint density at radius 2 is 1.46 bits per heavy atom. The lowest BCUT2D eigenvalue weighted by atomic mass is 10.2. The number of rotatable bonds is 16. The first-order valence-corrected chi connectivity index (χ1v) is 11.0. The van der Waals surface area contributed by atoms with E-state index in [4.69, 9.17) is 13.8 Å². The average molecular weight is 393 g/mol. The van der Waals surface area contributed by atoms with E-state index in [9.17, 15) is 14.3 Å². The van der Waals surface area contributed by atoms with Gasteiger partial charge in [0.05, 0.1) is 32.8 Å². The number of phosphoric ester groups is 1. The molecule has 154 valence electrons. The molecule has 8 heteroatoms. The van der Waals surface area contributed by atoms with E-state index < -0.39 is 13.8 Å². The van der Waals surface area contributed by atoms with Gasteiger partial charge < -0.3 is 23.2 Å². The van der Waals surface area contributed by atoms with Crippen LogP contribution in [0.15, 0.2) is 12.2 Å². The SMILES string of the molecule is C=C(C)C(=O)OCCCOP(=O)([O-])OCC[N+](CCC)(CCC)CCC. The Balaban J connectivity index is 4.25. The zero-order chi connectivity index (χ0) is 20.1. The Bertz CT molecular complexity index is 452. The lowest BCUT2D eigenvalue weighted by Gasteiger charge is -2.39. The van der Waals surface area contributed by atoms with Crippen molar-refractivity contribution in [3.05, 3.63) is 12.2 Å². The minimum atomic E-state index is -4.34. The van der Waals surface area contributed by atoms with Crippen LogP contribution < -0.4 is 4.89 Å². The molecule has 0 aliphatic heterocycles. The van der Waals surface area contributed by atoms with E-state index in [0.717, 1.165) is 43.4 Å². The number of hydrogen-bond acceptors (Lipinski definition) is 6. The molecule has 0 saturated heterocycles. The van der Waals surface area contributed by atoms with Gasteiger partial charge in [-0.05, 0) is 26.2 Å². The predicted molar refractivity (Wildman–Crippen MR) is 101 cm³/mol. The van der Waals surface area contributed by atoms with Gasteiger partial charge in [0.2, 0.25) is 0 Å². The van der Waals surface area contributed by atoms with Gasteiger partial charge in [-0.25, -0.2) is 4.79 Å². The Morgan fingerprint density at radius 3 is 1.92 bits per heavy atom. The van der Waals surface area contributed by atoms with Crippen molar-refractivity contribution in [2.45, 2.75) is 53.4 Å². The number of carbonyl (C=O) groups excluding carboxylic acids is 1.